The van der Waals surface area contributed by atoms with Crippen molar-refractivity contribution in [2.45, 2.75) is 74.8 Å². The maximum absolute atomic E-state index is 9.89. The molecule has 232 valence electrons. The molecule has 0 aliphatic heterocycles. The molecule has 0 amide bonds. The van der Waals surface area contributed by atoms with Crippen LogP contribution in [-0.2, 0) is 0 Å². The van der Waals surface area contributed by atoms with Crippen molar-refractivity contribution in [1.29, 1.82) is 0 Å². The van der Waals surface area contributed by atoms with Crippen molar-refractivity contribution in [1.82, 2.24) is 9.97 Å². The number of anilines is 2. The molecule has 3 aromatic rings. The number of hydrogen-bond acceptors (Lipinski definition) is 7. The molecular weight excluding hydrogens is 569 g/mol. The van der Waals surface area contributed by atoms with E-state index in [1.807, 2.05) is 117 Å². The molecule has 0 aliphatic carbocycles. The third-order valence-electron chi connectivity index (χ3n) is 4.81. The van der Waals surface area contributed by atoms with Gasteiger partial charge in [0.2, 0.25) is 0 Å². The average Bonchev–Trinajstić information content (AvgIpc) is 3.02. The van der Waals surface area contributed by atoms with E-state index in [0.717, 1.165) is 11.1 Å². The molecule has 0 spiro atoms. The number of aromatic hydroxyl groups is 1. The molecule has 2 aromatic carbocycles. The van der Waals surface area contributed by atoms with Crippen LogP contribution < -0.4 is 15.1 Å². The summed E-state index contributed by atoms with van der Waals surface area (Å²) in [6.07, 6.45) is 9.67. The number of hydrazone groups is 1. The lowest BCUT2D eigenvalue weighted by Crippen LogP contribution is -2.17. The van der Waals surface area contributed by atoms with E-state index in [-0.39, 0.29) is 11.8 Å². The van der Waals surface area contributed by atoms with Gasteiger partial charge < -0.3 is 15.2 Å². The number of aromatic nitrogens is 2. The second-order valence-electron chi connectivity index (χ2n) is 7.60. The summed E-state index contributed by atoms with van der Waals surface area (Å²) in [5, 5.41) is 20.9. The fourth-order valence-corrected chi connectivity index (χ4v) is 3.44. The van der Waals surface area contributed by atoms with Gasteiger partial charge in [0.15, 0.2) is 11.5 Å². The Bertz CT molecular complexity index is 1220. The lowest BCUT2D eigenvalue weighted by Gasteiger charge is -2.16. The predicted octanol–water partition coefficient (Wildman–Crippen LogP) is 10.5. The fraction of sp³-hybridized carbons (Fsp3) is 0.364. The summed E-state index contributed by atoms with van der Waals surface area (Å²) in [6, 6.07) is 13.0. The molecule has 1 heterocycles. The summed E-state index contributed by atoms with van der Waals surface area (Å²) in [5.41, 5.74) is 1.63. The van der Waals surface area contributed by atoms with E-state index in [9.17, 15) is 5.11 Å². The Morgan fingerprint density at radius 3 is 2.17 bits per heavy atom. The maximum atomic E-state index is 9.89. The predicted molar refractivity (Wildman–Crippen MR) is 186 cm³/mol. The lowest BCUT2D eigenvalue weighted by atomic mass is 10.1. The first-order chi connectivity index (χ1) is 20.3. The quantitative estimate of drug-likeness (QED) is 0.183. The van der Waals surface area contributed by atoms with E-state index in [1.165, 1.54) is 13.4 Å². The molecule has 0 bridgehead atoms. The Hall–Kier alpha value is -3.55. The lowest BCUT2D eigenvalue weighted by molar-refractivity contribution is 0.374. The van der Waals surface area contributed by atoms with Crippen molar-refractivity contribution in [2.24, 2.45) is 5.10 Å². The molecule has 0 radical (unpaired) electrons. The van der Waals surface area contributed by atoms with Crippen LogP contribution in [0.3, 0.4) is 0 Å². The Labute approximate surface area is 263 Å². The van der Waals surface area contributed by atoms with Gasteiger partial charge in [0.05, 0.1) is 24.4 Å². The van der Waals surface area contributed by atoms with Crippen LogP contribution in [0.15, 0.2) is 88.4 Å². The first-order valence-corrected chi connectivity index (χ1v) is 14.9. The van der Waals surface area contributed by atoms with Crippen LogP contribution in [0.25, 0.3) is 10.9 Å². The minimum Gasteiger partial charge on any atom is -0.504 e. The number of para-hydroxylation sites is 1. The number of benzene rings is 2. The van der Waals surface area contributed by atoms with Crippen LogP contribution in [-0.4, -0.2) is 34.9 Å². The van der Waals surface area contributed by atoms with Gasteiger partial charge in [-0.2, -0.15) is 5.10 Å². The number of halogens is 2. The summed E-state index contributed by atoms with van der Waals surface area (Å²) in [6.45, 7) is 21.1. The molecule has 9 heteroatoms. The highest BCUT2D eigenvalue weighted by Gasteiger charge is 2.12. The molecule has 42 heavy (non-hydrogen) atoms. The number of hydrogen-bond donors (Lipinski definition) is 2. The van der Waals surface area contributed by atoms with Crippen LogP contribution in [0.2, 0.25) is 0 Å². The highest BCUT2D eigenvalue weighted by atomic mass is 35.5. The molecule has 0 fully saturated rings. The third kappa shape index (κ3) is 15.5. The number of nitrogens with one attached hydrogen (secondary N) is 1. The molecule has 1 atom stereocenters. The van der Waals surface area contributed by atoms with Gasteiger partial charge in [0.1, 0.15) is 12.1 Å². The van der Waals surface area contributed by atoms with Gasteiger partial charge in [-0.3, -0.25) is 0 Å². The van der Waals surface area contributed by atoms with Gasteiger partial charge in [-0.15, -0.1) is 0 Å². The van der Waals surface area contributed by atoms with Crippen molar-refractivity contribution in [3.05, 3.63) is 83.3 Å². The second kappa shape index (κ2) is 25.2. The maximum Gasteiger partial charge on any atom is 0.161 e. The summed E-state index contributed by atoms with van der Waals surface area (Å²) in [5.74, 6) is 1.01. The molecule has 7 nitrogen and oxygen atoms in total. The summed E-state index contributed by atoms with van der Waals surface area (Å²) in [7, 11) is 1.49. The van der Waals surface area contributed by atoms with Crippen molar-refractivity contribution >= 4 is 52.3 Å². The molecule has 1 unspecified atom stereocenters. The van der Waals surface area contributed by atoms with E-state index < -0.39 is 0 Å². The molecule has 0 saturated heterocycles. The highest BCUT2D eigenvalue weighted by molar-refractivity contribution is 6.29. The van der Waals surface area contributed by atoms with Crippen LogP contribution in [0.4, 0.5) is 11.5 Å². The Morgan fingerprint density at radius 2 is 1.67 bits per heavy atom. The number of fused-ring (bicyclic) bond motifs is 1. The largest absolute Gasteiger partial charge is 0.504 e. The van der Waals surface area contributed by atoms with E-state index in [0.29, 0.717) is 33.6 Å². The molecule has 1 aromatic heterocycles. The number of methoxy groups -OCH3 is 1. The molecule has 2 N–H and O–H groups in total. The van der Waals surface area contributed by atoms with Crippen LogP contribution >= 0.6 is 23.2 Å². The third-order valence-corrected chi connectivity index (χ3v) is 5.09. The second-order valence-corrected chi connectivity index (χ2v) is 8.79. The van der Waals surface area contributed by atoms with Crippen molar-refractivity contribution in [3.63, 3.8) is 0 Å². The Morgan fingerprint density at radius 1 is 1.05 bits per heavy atom. The molecule has 0 saturated carbocycles. The van der Waals surface area contributed by atoms with Crippen molar-refractivity contribution in [3.8, 4) is 11.5 Å². The minimum absolute atomic E-state index is 0.0309. The standard InChI is InChI=1S/C17H19Cl2N3O2.C10H12N2.3C2H6/c1-10(18)4-5-12(6-11(2)19)22-17-13-7-16(24-3)15(23)8-14(13)20-9-21-17;1-3-9-12(11-2)10-7-5-4-6-8-10;3*1-2/h4,6-9,12,23H,5H2,1-3H3,(H,20,21,22);3-9H,2H2,1H3;3*1-2H3/b10-4+,11-6+;9-3+;;;. The number of allylic oxidation sites excluding steroid dienone is 3. The van der Waals surface area contributed by atoms with Gasteiger partial charge in [-0.25, -0.2) is 15.0 Å². The summed E-state index contributed by atoms with van der Waals surface area (Å²) < 4.78 is 5.16. The van der Waals surface area contributed by atoms with Gasteiger partial charge >= 0.3 is 0 Å². The molecular formula is C33H49Cl2N5O2. The van der Waals surface area contributed by atoms with Gasteiger partial charge in [-0.05, 0) is 51.5 Å². The number of rotatable bonds is 9. The topological polar surface area (TPSA) is 82.9 Å². The van der Waals surface area contributed by atoms with Crippen molar-refractivity contribution < 1.29 is 9.84 Å². The van der Waals surface area contributed by atoms with E-state index >= 15 is 0 Å². The highest BCUT2D eigenvalue weighted by Crippen LogP contribution is 2.33. The number of phenolic OH excluding ortho intramolecular Hbond substituents is 1. The van der Waals surface area contributed by atoms with Crippen molar-refractivity contribution in [2.75, 3.05) is 17.4 Å². The smallest absolute Gasteiger partial charge is 0.161 e. The number of ether oxygens (including phenoxy) is 1. The Kier molecular flexibility index (Phi) is 24.3. The first kappa shape index (κ1) is 40.6. The monoisotopic (exact) mass is 617 g/mol. The van der Waals surface area contributed by atoms with Gasteiger partial charge in [0, 0.05) is 34.4 Å². The molecule has 3 rings (SSSR count). The SMILES string of the molecule is C=NN(/C=C/C)c1ccccc1.CC.CC.CC.COc1cc2c(NC(/C=C(\C)Cl)C/C=C(\C)Cl)ncnc2cc1O. The zero-order chi connectivity index (χ0) is 32.5. The first-order valence-electron chi connectivity index (χ1n) is 14.2. The number of phenols is 1. The van der Waals surface area contributed by atoms with Crippen LogP contribution in [0.1, 0.15) is 68.7 Å². The zero-order valence-corrected chi connectivity index (χ0v) is 28.3. The van der Waals surface area contributed by atoms with Gasteiger partial charge in [-0.1, -0.05) is 95.1 Å². The van der Waals surface area contributed by atoms with E-state index in [4.69, 9.17) is 27.9 Å². The van der Waals surface area contributed by atoms with Gasteiger partial charge in [0.25, 0.3) is 0 Å². The van der Waals surface area contributed by atoms with Crippen LogP contribution in [0, 0.1) is 0 Å². The average molecular weight is 619 g/mol. The number of nitrogens with zero attached hydrogens (tertiary/aromatic N) is 4. The normalized spacial score (nSPS) is 11.2. The minimum atomic E-state index is -0.0888. The molecule has 0 aliphatic rings. The summed E-state index contributed by atoms with van der Waals surface area (Å²) >= 11 is 11.9. The fourth-order valence-electron chi connectivity index (χ4n) is 3.20. The van der Waals surface area contributed by atoms with E-state index in [2.05, 4.69) is 27.1 Å². The zero-order valence-electron chi connectivity index (χ0n) is 26.8. The van der Waals surface area contributed by atoms with Crippen LogP contribution in [0.5, 0.6) is 11.5 Å². The summed E-state index contributed by atoms with van der Waals surface area (Å²) in [4.78, 5) is 8.48. The Balaban J connectivity index is 0. The van der Waals surface area contributed by atoms with E-state index in [1.54, 1.807) is 17.1 Å².